The summed E-state index contributed by atoms with van der Waals surface area (Å²) in [5, 5.41) is 0. The number of anilines is 2. The van der Waals surface area contributed by atoms with Crippen LogP contribution in [-0.2, 0) is 13.0 Å². The zero-order valence-electron chi connectivity index (χ0n) is 10.3. The lowest BCUT2D eigenvalue weighted by atomic mass is 10.0. The van der Waals surface area contributed by atoms with Gasteiger partial charge in [0, 0.05) is 18.8 Å². The van der Waals surface area contributed by atoms with Crippen LogP contribution in [0.1, 0.15) is 17.7 Å². The van der Waals surface area contributed by atoms with Crippen LogP contribution in [-0.4, -0.2) is 11.5 Å². The zero-order chi connectivity index (χ0) is 12.4. The van der Waals surface area contributed by atoms with Gasteiger partial charge in [-0.3, -0.25) is 4.98 Å². The summed E-state index contributed by atoms with van der Waals surface area (Å²) in [6.45, 7) is 1.55. The third-order valence-electron chi connectivity index (χ3n) is 3.44. The van der Waals surface area contributed by atoms with E-state index < -0.39 is 0 Å². The molecule has 0 amide bonds. The minimum atomic E-state index is 0.497. The topological polar surface area (TPSA) is 42.1 Å². The van der Waals surface area contributed by atoms with Gasteiger partial charge in [0.15, 0.2) is 0 Å². The van der Waals surface area contributed by atoms with Crippen molar-refractivity contribution < 1.29 is 0 Å². The molecule has 2 aromatic rings. The van der Waals surface area contributed by atoms with E-state index in [1.54, 1.807) is 0 Å². The zero-order valence-corrected chi connectivity index (χ0v) is 10.3. The van der Waals surface area contributed by atoms with Gasteiger partial charge in [-0.1, -0.05) is 18.2 Å². The van der Waals surface area contributed by atoms with Crippen LogP contribution in [0.25, 0.3) is 0 Å². The van der Waals surface area contributed by atoms with Gasteiger partial charge in [0.1, 0.15) is 0 Å². The number of aromatic nitrogens is 1. The summed E-state index contributed by atoms with van der Waals surface area (Å²) in [4.78, 5) is 6.72. The molecule has 1 aromatic carbocycles. The summed E-state index contributed by atoms with van der Waals surface area (Å²) in [6.07, 6.45) is 4.28. The summed E-state index contributed by atoms with van der Waals surface area (Å²) >= 11 is 0. The van der Waals surface area contributed by atoms with E-state index in [1.807, 2.05) is 12.3 Å². The van der Waals surface area contributed by atoms with Gasteiger partial charge < -0.3 is 10.6 Å². The average Bonchev–Trinajstić information content (AvgIpc) is 2.47. The molecule has 3 nitrogen and oxygen atoms in total. The van der Waals surface area contributed by atoms with Gasteiger partial charge in [0.2, 0.25) is 0 Å². The van der Waals surface area contributed by atoms with Crippen molar-refractivity contribution in [1.29, 1.82) is 0 Å². The van der Waals surface area contributed by atoms with Crippen molar-refractivity contribution in [3.05, 3.63) is 53.9 Å². The lowest BCUT2D eigenvalue weighted by Gasteiger charge is -2.31. The molecule has 0 atom stereocenters. The highest BCUT2D eigenvalue weighted by atomic mass is 15.1. The van der Waals surface area contributed by atoms with Gasteiger partial charge in [-0.25, -0.2) is 0 Å². The van der Waals surface area contributed by atoms with E-state index in [-0.39, 0.29) is 0 Å². The Morgan fingerprint density at radius 2 is 2.06 bits per heavy atom. The summed E-state index contributed by atoms with van der Waals surface area (Å²) in [7, 11) is 0. The molecule has 3 heteroatoms. The molecule has 0 saturated heterocycles. The maximum Gasteiger partial charge on any atom is 0.0597 e. The summed E-state index contributed by atoms with van der Waals surface area (Å²) < 4.78 is 0. The third-order valence-corrected chi connectivity index (χ3v) is 3.44. The van der Waals surface area contributed by atoms with E-state index in [2.05, 4.69) is 40.2 Å². The Bertz CT molecular complexity index is 534. The smallest absolute Gasteiger partial charge is 0.0597 e. The maximum absolute atomic E-state index is 5.58. The van der Waals surface area contributed by atoms with Crippen molar-refractivity contribution >= 4 is 11.4 Å². The van der Waals surface area contributed by atoms with Crippen molar-refractivity contribution in [2.75, 3.05) is 11.4 Å². The number of hydrogen-bond donors (Lipinski definition) is 1. The highest BCUT2D eigenvalue weighted by Crippen LogP contribution is 2.32. The first-order valence-corrected chi connectivity index (χ1v) is 6.39. The Balaban J connectivity index is 1.97. The molecule has 0 saturated carbocycles. The van der Waals surface area contributed by atoms with Crippen molar-refractivity contribution in [3.8, 4) is 0 Å². The van der Waals surface area contributed by atoms with Gasteiger partial charge in [-0.05, 0) is 36.6 Å². The molecule has 0 aliphatic carbocycles. The molecule has 18 heavy (non-hydrogen) atoms. The fourth-order valence-electron chi connectivity index (χ4n) is 2.50. The molecule has 0 unspecified atom stereocenters. The Labute approximate surface area is 107 Å². The standard InChI is InChI=1S/C15H17N3/c16-10-13-7-8-14(11-17-13)18-9-3-5-12-4-1-2-6-15(12)18/h1-2,4,6-8,11H,3,5,9-10,16H2. The van der Waals surface area contributed by atoms with Gasteiger partial charge >= 0.3 is 0 Å². The van der Waals surface area contributed by atoms with Gasteiger partial charge in [-0.2, -0.15) is 0 Å². The first kappa shape index (κ1) is 11.2. The van der Waals surface area contributed by atoms with E-state index in [0.29, 0.717) is 6.54 Å². The second kappa shape index (κ2) is 4.78. The number of fused-ring (bicyclic) bond motifs is 1. The highest BCUT2D eigenvalue weighted by Gasteiger charge is 2.17. The lowest BCUT2D eigenvalue weighted by Crippen LogP contribution is -2.24. The van der Waals surface area contributed by atoms with Crippen molar-refractivity contribution in [2.45, 2.75) is 19.4 Å². The average molecular weight is 239 g/mol. The molecule has 1 aliphatic rings. The second-order valence-electron chi connectivity index (χ2n) is 4.60. The molecule has 0 bridgehead atoms. The van der Waals surface area contributed by atoms with Crippen LogP contribution in [0.2, 0.25) is 0 Å². The number of para-hydroxylation sites is 1. The molecule has 1 aromatic heterocycles. The first-order chi connectivity index (χ1) is 8.88. The molecule has 2 heterocycles. The lowest BCUT2D eigenvalue weighted by molar-refractivity contribution is 0.765. The van der Waals surface area contributed by atoms with E-state index in [4.69, 9.17) is 5.73 Å². The number of pyridine rings is 1. The van der Waals surface area contributed by atoms with Crippen LogP contribution in [0, 0.1) is 0 Å². The predicted molar refractivity (Wildman–Crippen MR) is 73.9 cm³/mol. The van der Waals surface area contributed by atoms with Crippen molar-refractivity contribution in [3.63, 3.8) is 0 Å². The number of rotatable bonds is 2. The molecule has 1 aliphatic heterocycles. The van der Waals surface area contributed by atoms with Crippen molar-refractivity contribution in [1.82, 2.24) is 4.98 Å². The highest BCUT2D eigenvalue weighted by molar-refractivity contribution is 5.67. The van der Waals surface area contributed by atoms with Crippen LogP contribution in [0.15, 0.2) is 42.6 Å². The fourth-order valence-corrected chi connectivity index (χ4v) is 2.50. The molecule has 0 spiro atoms. The summed E-state index contributed by atoms with van der Waals surface area (Å²) in [5.74, 6) is 0. The van der Waals surface area contributed by atoms with Crippen LogP contribution >= 0.6 is 0 Å². The molecular weight excluding hydrogens is 222 g/mol. The minimum Gasteiger partial charge on any atom is -0.340 e. The van der Waals surface area contributed by atoms with Gasteiger partial charge in [-0.15, -0.1) is 0 Å². The van der Waals surface area contributed by atoms with E-state index in [9.17, 15) is 0 Å². The Morgan fingerprint density at radius 1 is 1.17 bits per heavy atom. The summed E-state index contributed by atoms with van der Waals surface area (Å²) in [6, 6.07) is 12.7. The Kier molecular flexibility index (Phi) is 2.99. The van der Waals surface area contributed by atoms with Crippen molar-refractivity contribution in [2.24, 2.45) is 5.73 Å². The number of aryl methyl sites for hydroxylation is 1. The molecule has 3 rings (SSSR count). The number of nitrogens with zero attached hydrogens (tertiary/aromatic N) is 2. The van der Waals surface area contributed by atoms with Crippen LogP contribution < -0.4 is 10.6 Å². The Hall–Kier alpha value is -1.87. The number of hydrogen-bond acceptors (Lipinski definition) is 3. The molecule has 2 N–H and O–H groups in total. The number of benzene rings is 1. The quantitative estimate of drug-likeness (QED) is 0.876. The van der Waals surface area contributed by atoms with E-state index in [0.717, 1.165) is 17.9 Å². The third kappa shape index (κ3) is 1.97. The van der Waals surface area contributed by atoms with Gasteiger partial charge in [0.05, 0.1) is 17.6 Å². The summed E-state index contributed by atoms with van der Waals surface area (Å²) in [5.41, 5.74) is 10.4. The number of nitrogens with two attached hydrogens (primary N) is 1. The molecular formula is C15H17N3. The minimum absolute atomic E-state index is 0.497. The molecule has 0 radical (unpaired) electrons. The van der Waals surface area contributed by atoms with E-state index in [1.165, 1.54) is 24.1 Å². The molecule has 92 valence electrons. The van der Waals surface area contributed by atoms with Gasteiger partial charge in [0.25, 0.3) is 0 Å². The predicted octanol–water partition coefficient (Wildman–Crippen LogP) is 2.62. The van der Waals surface area contributed by atoms with Crippen LogP contribution in [0.5, 0.6) is 0 Å². The second-order valence-corrected chi connectivity index (χ2v) is 4.60. The Morgan fingerprint density at radius 3 is 2.83 bits per heavy atom. The van der Waals surface area contributed by atoms with E-state index >= 15 is 0 Å². The largest absolute Gasteiger partial charge is 0.340 e. The maximum atomic E-state index is 5.58. The molecule has 0 fully saturated rings. The monoisotopic (exact) mass is 239 g/mol. The van der Waals surface area contributed by atoms with Crippen LogP contribution in [0.4, 0.5) is 11.4 Å². The fraction of sp³-hybridized carbons (Fsp3) is 0.267. The normalized spacial score (nSPS) is 14.4. The first-order valence-electron chi connectivity index (χ1n) is 6.39. The van der Waals surface area contributed by atoms with Crippen LogP contribution in [0.3, 0.4) is 0 Å². The SMILES string of the molecule is NCc1ccc(N2CCCc3ccccc32)cn1.